The number of rotatable bonds is 7. The van der Waals surface area contributed by atoms with Crippen LogP contribution >= 0.6 is 0 Å². The van der Waals surface area contributed by atoms with Crippen molar-refractivity contribution in [1.29, 1.82) is 0 Å². The highest BCUT2D eigenvalue weighted by molar-refractivity contribution is 5.83. The van der Waals surface area contributed by atoms with E-state index in [0.29, 0.717) is 0 Å². The molecule has 2 aromatic carbocycles. The van der Waals surface area contributed by atoms with Crippen LogP contribution in [0.5, 0.6) is 0 Å². The summed E-state index contributed by atoms with van der Waals surface area (Å²) in [4.78, 5) is 20.8. The third kappa shape index (κ3) is 4.30. The molecule has 0 atom stereocenters. The molecule has 0 fully saturated rings. The van der Waals surface area contributed by atoms with Crippen molar-refractivity contribution in [2.24, 2.45) is 5.10 Å². The van der Waals surface area contributed by atoms with Gasteiger partial charge >= 0.3 is 5.69 Å². The molecule has 31 heavy (non-hydrogen) atoms. The number of anilines is 1. The summed E-state index contributed by atoms with van der Waals surface area (Å²) in [5, 5.41) is 26.3. The summed E-state index contributed by atoms with van der Waals surface area (Å²) < 4.78 is 2.18. The van der Waals surface area contributed by atoms with Gasteiger partial charge in [-0.3, -0.25) is 25.7 Å². The van der Waals surface area contributed by atoms with Gasteiger partial charge in [-0.25, -0.2) is 0 Å². The van der Waals surface area contributed by atoms with Crippen LogP contribution in [-0.2, 0) is 6.42 Å². The van der Waals surface area contributed by atoms with Crippen LogP contribution in [0.3, 0.4) is 0 Å². The van der Waals surface area contributed by atoms with E-state index in [9.17, 15) is 20.2 Å². The lowest BCUT2D eigenvalue weighted by Gasteiger charge is -2.17. The first-order valence-electron chi connectivity index (χ1n) is 9.74. The molecule has 0 amide bonds. The number of hydrazone groups is 1. The Hall–Kier alpha value is -4.01. The van der Waals surface area contributed by atoms with Crippen molar-refractivity contribution in [2.75, 3.05) is 5.43 Å². The Morgan fingerprint density at radius 3 is 2.45 bits per heavy atom. The zero-order valence-corrected chi connectivity index (χ0v) is 17.7. The van der Waals surface area contributed by atoms with E-state index < -0.39 is 15.5 Å². The van der Waals surface area contributed by atoms with Gasteiger partial charge in [-0.1, -0.05) is 25.1 Å². The minimum absolute atomic E-state index is 0.0767. The second-order valence-electron chi connectivity index (χ2n) is 7.18. The van der Waals surface area contributed by atoms with Crippen LogP contribution in [0, 0.1) is 41.0 Å². The second kappa shape index (κ2) is 8.78. The van der Waals surface area contributed by atoms with Gasteiger partial charge in [-0.05, 0) is 50.5 Å². The molecule has 0 aliphatic rings. The van der Waals surface area contributed by atoms with Crippen molar-refractivity contribution in [1.82, 2.24) is 4.57 Å². The highest BCUT2D eigenvalue weighted by Crippen LogP contribution is 2.29. The maximum absolute atomic E-state index is 11.3. The minimum Gasteiger partial charge on any atom is -0.317 e. The summed E-state index contributed by atoms with van der Waals surface area (Å²) in [7, 11) is 0. The number of nitrogens with one attached hydrogen (secondary N) is 1. The third-order valence-electron chi connectivity index (χ3n) is 5.17. The molecule has 0 aliphatic carbocycles. The maximum Gasteiger partial charge on any atom is 0.301 e. The molecule has 0 radical (unpaired) electrons. The van der Waals surface area contributed by atoms with Crippen molar-refractivity contribution >= 4 is 23.3 Å². The summed E-state index contributed by atoms with van der Waals surface area (Å²) in [6.45, 7) is 8.21. The van der Waals surface area contributed by atoms with Gasteiger partial charge < -0.3 is 4.57 Å². The summed E-state index contributed by atoms with van der Waals surface area (Å²) >= 11 is 0. The number of aromatic nitrogens is 1. The number of nitro groups is 2. The van der Waals surface area contributed by atoms with Crippen LogP contribution in [0.25, 0.3) is 5.69 Å². The van der Waals surface area contributed by atoms with Gasteiger partial charge in [-0.15, -0.1) is 0 Å². The zero-order valence-electron chi connectivity index (χ0n) is 17.7. The van der Waals surface area contributed by atoms with Crippen molar-refractivity contribution in [3.8, 4) is 5.69 Å². The van der Waals surface area contributed by atoms with E-state index in [1.54, 1.807) is 6.21 Å². The van der Waals surface area contributed by atoms with Crippen molar-refractivity contribution in [3.05, 3.63) is 90.8 Å². The van der Waals surface area contributed by atoms with Gasteiger partial charge in [0.25, 0.3) is 5.69 Å². The van der Waals surface area contributed by atoms with Crippen LogP contribution in [0.1, 0.15) is 35.0 Å². The quantitative estimate of drug-likeness (QED) is 0.319. The number of aryl methyl sites for hydroxylation is 3. The first-order chi connectivity index (χ1) is 14.7. The summed E-state index contributed by atoms with van der Waals surface area (Å²) in [6.07, 6.45) is 2.50. The Morgan fingerprint density at radius 2 is 1.81 bits per heavy atom. The fourth-order valence-electron chi connectivity index (χ4n) is 3.64. The molecule has 9 nitrogen and oxygen atoms in total. The number of non-ortho nitro benzene ring substituents is 1. The lowest BCUT2D eigenvalue weighted by molar-refractivity contribution is -0.393. The van der Waals surface area contributed by atoms with E-state index in [1.807, 2.05) is 19.9 Å². The molecule has 0 saturated carbocycles. The summed E-state index contributed by atoms with van der Waals surface area (Å²) in [5.41, 5.74) is 8.41. The van der Waals surface area contributed by atoms with Crippen LogP contribution in [-0.4, -0.2) is 20.6 Å². The first kappa shape index (κ1) is 21.7. The molecule has 1 heterocycles. The van der Waals surface area contributed by atoms with Crippen molar-refractivity contribution in [3.63, 3.8) is 0 Å². The van der Waals surface area contributed by atoms with E-state index in [0.717, 1.165) is 35.1 Å². The molecule has 0 unspecified atom stereocenters. The monoisotopic (exact) mass is 421 g/mol. The van der Waals surface area contributed by atoms with Crippen LogP contribution < -0.4 is 5.43 Å². The van der Waals surface area contributed by atoms with Crippen LogP contribution in [0.2, 0.25) is 0 Å². The smallest absolute Gasteiger partial charge is 0.301 e. The summed E-state index contributed by atoms with van der Waals surface area (Å²) in [6, 6.07) is 11.6. The fourth-order valence-corrected chi connectivity index (χ4v) is 3.64. The Morgan fingerprint density at radius 1 is 1.06 bits per heavy atom. The predicted molar refractivity (Wildman–Crippen MR) is 120 cm³/mol. The van der Waals surface area contributed by atoms with Gasteiger partial charge in [0, 0.05) is 23.0 Å². The fraction of sp³-hybridized carbons (Fsp3) is 0.227. The normalized spacial score (nSPS) is 11.1. The number of nitrogens with zero attached hydrogens (tertiary/aromatic N) is 4. The molecule has 9 heteroatoms. The number of nitro benzene ring substituents is 2. The number of para-hydroxylation sites is 1. The predicted octanol–water partition coefficient (Wildman–Crippen LogP) is 5.23. The van der Waals surface area contributed by atoms with E-state index >= 15 is 0 Å². The average Bonchev–Trinajstić information content (AvgIpc) is 3.00. The van der Waals surface area contributed by atoms with E-state index in [2.05, 4.69) is 47.1 Å². The van der Waals surface area contributed by atoms with Crippen molar-refractivity contribution in [2.45, 2.75) is 34.1 Å². The first-order valence-corrected chi connectivity index (χ1v) is 9.74. The number of hydrogen-bond acceptors (Lipinski definition) is 6. The molecule has 3 aromatic rings. The van der Waals surface area contributed by atoms with E-state index in [4.69, 9.17) is 0 Å². The second-order valence-corrected chi connectivity index (χ2v) is 7.18. The molecule has 1 aromatic heterocycles. The molecule has 0 saturated heterocycles. The van der Waals surface area contributed by atoms with Gasteiger partial charge in [0.2, 0.25) is 0 Å². The van der Waals surface area contributed by atoms with Gasteiger partial charge in [0.05, 0.1) is 27.8 Å². The molecule has 0 aliphatic heterocycles. The standard InChI is InChI=1S/C22H23N5O4/c1-5-17-8-6-7-14(2)22(17)25-15(3)11-18(16(25)4)13-23-24-20-10-9-19(26(28)29)12-21(20)27(30)31/h6-13,24H,5H2,1-4H3/b23-13-. The molecule has 0 spiro atoms. The van der Waals surface area contributed by atoms with Crippen molar-refractivity contribution < 1.29 is 9.85 Å². The molecule has 3 rings (SSSR count). The topological polar surface area (TPSA) is 116 Å². The van der Waals surface area contributed by atoms with E-state index in [-0.39, 0.29) is 11.4 Å². The number of benzene rings is 2. The Labute approximate surface area is 179 Å². The SMILES string of the molecule is CCc1cccc(C)c1-n1c(C)cc(/C=N\Nc2ccc([N+](=O)[O-])cc2[N+](=O)[O-])c1C. The van der Waals surface area contributed by atoms with E-state index in [1.165, 1.54) is 23.3 Å². The Kier molecular flexibility index (Phi) is 6.15. The lowest BCUT2D eigenvalue weighted by atomic mass is 10.1. The lowest BCUT2D eigenvalue weighted by Crippen LogP contribution is -2.06. The number of hydrogen-bond donors (Lipinski definition) is 1. The molecular weight excluding hydrogens is 398 g/mol. The van der Waals surface area contributed by atoms with Gasteiger partial charge in [-0.2, -0.15) is 5.10 Å². The third-order valence-corrected chi connectivity index (χ3v) is 5.17. The summed E-state index contributed by atoms with van der Waals surface area (Å²) in [5.74, 6) is 0. The Balaban J connectivity index is 1.93. The van der Waals surface area contributed by atoms with Gasteiger partial charge in [0.1, 0.15) is 5.69 Å². The Bertz CT molecular complexity index is 1200. The average molecular weight is 421 g/mol. The van der Waals surface area contributed by atoms with Crippen LogP contribution in [0.15, 0.2) is 47.6 Å². The molecule has 0 bridgehead atoms. The highest BCUT2D eigenvalue weighted by Gasteiger charge is 2.19. The minimum atomic E-state index is -0.679. The largest absolute Gasteiger partial charge is 0.317 e. The molecular formula is C22H23N5O4. The maximum atomic E-state index is 11.3. The molecule has 1 N–H and O–H groups in total. The zero-order chi connectivity index (χ0) is 22.7. The van der Waals surface area contributed by atoms with Crippen LogP contribution in [0.4, 0.5) is 17.1 Å². The van der Waals surface area contributed by atoms with Gasteiger partial charge in [0.15, 0.2) is 0 Å². The highest BCUT2D eigenvalue weighted by atomic mass is 16.6. The molecule has 160 valence electrons.